The Hall–Kier alpha value is -0.940. The molecule has 19 heavy (non-hydrogen) atoms. The van der Waals surface area contributed by atoms with E-state index in [1.54, 1.807) is 0 Å². The topological polar surface area (TPSA) is 53.4 Å². The van der Waals surface area contributed by atoms with Gasteiger partial charge in [0.25, 0.3) is 0 Å². The molecule has 2 aliphatic carbocycles. The van der Waals surface area contributed by atoms with E-state index < -0.39 is 5.97 Å². The molecule has 2 saturated carbocycles. The predicted molar refractivity (Wildman–Crippen MR) is 74.3 cm³/mol. The second-order valence-electron chi connectivity index (χ2n) is 6.08. The molecule has 3 unspecified atom stereocenters. The molecule has 4 nitrogen and oxygen atoms in total. The summed E-state index contributed by atoms with van der Waals surface area (Å²) in [7, 11) is 2.12. The minimum atomic E-state index is -0.924. The summed E-state index contributed by atoms with van der Waals surface area (Å²) in [6, 6.07) is 0. The van der Waals surface area contributed by atoms with Gasteiger partial charge < -0.3 is 10.0 Å². The molecule has 5 heteroatoms. The van der Waals surface area contributed by atoms with Crippen LogP contribution in [-0.2, 0) is 6.54 Å². The number of thiazole rings is 1. The van der Waals surface area contributed by atoms with E-state index in [2.05, 4.69) is 16.9 Å². The lowest BCUT2D eigenvalue weighted by Gasteiger charge is -2.26. The van der Waals surface area contributed by atoms with Crippen molar-refractivity contribution in [3.8, 4) is 0 Å². The second-order valence-corrected chi connectivity index (χ2v) is 6.94. The van der Waals surface area contributed by atoms with E-state index in [1.807, 2.05) is 5.38 Å². The molecule has 0 aromatic carbocycles. The van der Waals surface area contributed by atoms with Gasteiger partial charge in [0.05, 0.1) is 5.69 Å². The largest absolute Gasteiger partial charge is 0.476 e. The van der Waals surface area contributed by atoms with Crippen molar-refractivity contribution in [2.24, 2.45) is 17.8 Å². The fraction of sp³-hybridized carbons (Fsp3) is 0.714. The second kappa shape index (κ2) is 5.21. The van der Waals surface area contributed by atoms with Crippen LogP contribution in [0.2, 0.25) is 0 Å². The molecular weight excluding hydrogens is 260 g/mol. The SMILES string of the molecule is CN(Cc1csc(C(=O)O)n1)CC1CC2CCC1C2. The van der Waals surface area contributed by atoms with Crippen molar-refractivity contribution < 1.29 is 9.90 Å². The molecule has 0 aliphatic heterocycles. The monoisotopic (exact) mass is 280 g/mol. The number of carboxylic acids is 1. The first-order chi connectivity index (χ1) is 9.11. The van der Waals surface area contributed by atoms with Crippen molar-refractivity contribution >= 4 is 17.3 Å². The Morgan fingerprint density at radius 2 is 2.37 bits per heavy atom. The van der Waals surface area contributed by atoms with Crippen molar-refractivity contribution in [1.29, 1.82) is 0 Å². The minimum absolute atomic E-state index is 0.198. The van der Waals surface area contributed by atoms with Gasteiger partial charge in [-0.15, -0.1) is 11.3 Å². The lowest BCUT2D eigenvalue weighted by Crippen LogP contribution is -2.28. The summed E-state index contributed by atoms with van der Waals surface area (Å²) in [6.07, 6.45) is 5.70. The van der Waals surface area contributed by atoms with E-state index in [-0.39, 0.29) is 5.01 Å². The van der Waals surface area contributed by atoms with Crippen LogP contribution >= 0.6 is 11.3 Å². The zero-order valence-electron chi connectivity index (χ0n) is 11.2. The number of hydrogen-bond donors (Lipinski definition) is 1. The van der Waals surface area contributed by atoms with Gasteiger partial charge in [0.15, 0.2) is 0 Å². The summed E-state index contributed by atoms with van der Waals surface area (Å²) in [5.41, 5.74) is 0.882. The Morgan fingerprint density at radius 1 is 1.53 bits per heavy atom. The first kappa shape index (κ1) is 13.1. The molecule has 0 radical (unpaired) electrons. The molecule has 3 rings (SSSR count). The minimum Gasteiger partial charge on any atom is -0.476 e. The van der Waals surface area contributed by atoms with Crippen LogP contribution in [0.15, 0.2) is 5.38 Å². The number of carbonyl (C=O) groups is 1. The van der Waals surface area contributed by atoms with E-state index in [1.165, 1.54) is 37.0 Å². The highest BCUT2D eigenvalue weighted by Crippen LogP contribution is 2.48. The first-order valence-corrected chi connectivity index (χ1v) is 7.86. The maximum absolute atomic E-state index is 10.8. The van der Waals surface area contributed by atoms with Gasteiger partial charge in [0, 0.05) is 18.5 Å². The van der Waals surface area contributed by atoms with Crippen molar-refractivity contribution in [3.63, 3.8) is 0 Å². The lowest BCUT2D eigenvalue weighted by atomic mass is 9.88. The Labute approximate surface area is 117 Å². The van der Waals surface area contributed by atoms with Crippen LogP contribution in [0.3, 0.4) is 0 Å². The Morgan fingerprint density at radius 3 is 2.95 bits per heavy atom. The highest BCUT2D eigenvalue weighted by atomic mass is 32.1. The molecule has 1 aromatic rings. The van der Waals surface area contributed by atoms with Crippen molar-refractivity contribution in [1.82, 2.24) is 9.88 Å². The van der Waals surface area contributed by atoms with E-state index in [0.29, 0.717) is 0 Å². The number of aromatic carboxylic acids is 1. The molecule has 2 aliphatic rings. The number of rotatable bonds is 5. The van der Waals surface area contributed by atoms with Gasteiger partial charge >= 0.3 is 5.97 Å². The Bertz CT molecular complexity index is 474. The normalized spacial score (nSPS) is 29.3. The molecule has 1 N–H and O–H groups in total. The molecule has 0 spiro atoms. The summed E-state index contributed by atoms with van der Waals surface area (Å²) >= 11 is 1.22. The third kappa shape index (κ3) is 2.82. The average molecular weight is 280 g/mol. The summed E-state index contributed by atoms with van der Waals surface area (Å²) in [5.74, 6) is 1.85. The maximum atomic E-state index is 10.8. The van der Waals surface area contributed by atoms with Gasteiger partial charge in [-0.25, -0.2) is 9.78 Å². The van der Waals surface area contributed by atoms with Crippen LogP contribution in [-0.4, -0.2) is 34.6 Å². The van der Waals surface area contributed by atoms with Crippen LogP contribution in [0.25, 0.3) is 0 Å². The standard InChI is InChI=1S/C14H20N2O2S/c1-16(6-11-5-9-2-3-10(11)4-9)7-12-8-19-13(15-12)14(17)18/h8-11H,2-7H2,1H3,(H,17,18). The fourth-order valence-corrected chi connectivity index (χ4v) is 4.47. The first-order valence-electron chi connectivity index (χ1n) is 6.98. The van der Waals surface area contributed by atoms with Gasteiger partial charge in [-0.1, -0.05) is 6.42 Å². The quantitative estimate of drug-likeness (QED) is 0.901. The summed E-state index contributed by atoms with van der Waals surface area (Å²) in [5, 5.41) is 10.9. The Kier molecular flexibility index (Phi) is 3.58. The Balaban J connectivity index is 1.53. The number of aromatic nitrogens is 1. The molecule has 2 fully saturated rings. The highest BCUT2D eigenvalue weighted by Gasteiger charge is 2.39. The molecule has 3 atom stereocenters. The van der Waals surface area contributed by atoms with Gasteiger partial charge in [0.1, 0.15) is 0 Å². The van der Waals surface area contributed by atoms with Crippen molar-refractivity contribution in [2.75, 3.05) is 13.6 Å². The van der Waals surface area contributed by atoms with Gasteiger partial charge in [-0.05, 0) is 44.1 Å². The van der Waals surface area contributed by atoms with E-state index >= 15 is 0 Å². The van der Waals surface area contributed by atoms with E-state index in [0.717, 1.165) is 36.5 Å². The predicted octanol–water partition coefficient (Wildman–Crippen LogP) is 2.71. The summed E-state index contributed by atoms with van der Waals surface area (Å²) in [4.78, 5) is 17.2. The molecule has 0 amide bonds. The molecule has 1 aromatic heterocycles. The van der Waals surface area contributed by atoms with Crippen molar-refractivity contribution in [2.45, 2.75) is 32.2 Å². The van der Waals surface area contributed by atoms with Crippen LogP contribution in [0, 0.1) is 17.8 Å². The molecule has 2 bridgehead atoms. The highest BCUT2D eigenvalue weighted by molar-refractivity contribution is 7.11. The summed E-state index contributed by atoms with van der Waals surface area (Å²) in [6.45, 7) is 1.89. The van der Waals surface area contributed by atoms with Crippen LogP contribution in [0.5, 0.6) is 0 Å². The number of fused-ring (bicyclic) bond motifs is 2. The van der Waals surface area contributed by atoms with Gasteiger partial charge in [0.2, 0.25) is 5.01 Å². The molecule has 104 valence electrons. The van der Waals surface area contributed by atoms with Crippen LogP contribution in [0.1, 0.15) is 41.2 Å². The zero-order valence-corrected chi connectivity index (χ0v) is 12.0. The van der Waals surface area contributed by atoms with Crippen molar-refractivity contribution in [3.05, 3.63) is 16.1 Å². The zero-order chi connectivity index (χ0) is 13.4. The number of carboxylic acid groups (broad SMARTS) is 1. The smallest absolute Gasteiger partial charge is 0.365 e. The van der Waals surface area contributed by atoms with E-state index in [4.69, 9.17) is 5.11 Å². The third-order valence-corrected chi connectivity index (χ3v) is 5.48. The number of hydrogen-bond acceptors (Lipinski definition) is 4. The van der Waals surface area contributed by atoms with Crippen LogP contribution in [0.4, 0.5) is 0 Å². The molecule has 1 heterocycles. The molecule has 0 saturated heterocycles. The lowest BCUT2D eigenvalue weighted by molar-refractivity contribution is 0.0696. The van der Waals surface area contributed by atoms with Crippen LogP contribution < -0.4 is 0 Å². The molecular formula is C14H20N2O2S. The fourth-order valence-electron chi connectivity index (χ4n) is 3.82. The maximum Gasteiger partial charge on any atom is 0.365 e. The van der Waals surface area contributed by atoms with Gasteiger partial charge in [-0.3, -0.25) is 0 Å². The number of nitrogens with zero attached hydrogens (tertiary/aromatic N) is 2. The third-order valence-electron chi connectivity index (χ3n) is 4.60. The van der Waals surface area contributed by atoms with Gasteiger partial charge in [-0.2, -0.15) is 0 Å². The average Bonchev–Trinajstić information content (AvgIpc) is 3.03. The van der Waals surface area contributed by atoms with E-state index in [9.17, 15) is 4.79 Å². The summed E-state index contributed by atoms with van der Waals surface area (Å²) < 4.78 is 0.